The van der Waals surface area contributed by atoms with Crippen LogP contribution in [0.3, 0.4) is 0 Å². The molecule has 2 unspecified atom stereocenters. The number of alkyl halides is 2. The molecule has 5 N–H and O–H groups in total. The molecule has 232 valence electrons. The van der Waals surface area contributed by atoms with Crippen molar-refractivity contribution in [3.05, 3.63) is 47.3 Å². The van der Waals surface area contributed by atoms with E-state index in [1.54, 1.807) is 24.3 Å². The minimum Gasteiger partial charge on any atom is -0.507 e. The topological polar surface area (TPSA) is 189 Å². The van der Waals surface area contributed by atoms with Gasteiger partial charge in [-0.1, -0.05) is 12.1 Å². The number of benzene rings is 1. The number of carbonyl (C=O) groups excluding carboxylic acids is 3. The summed E-state index contributed by atoms with van der Waals surface area (Å²) in [7, 11) is 0. The molecule has 43 heavy (non-hydrogen) atoms. The fourth-order valence-electron chi connectivity index (χ4n) is 4.41. The van der Waals surface area contributed by atoms with E-state index in [0.717, 1.165) is 18.5 Å². The molecule has 2 atom stereocenters. The number of aliphatic carboxylic acids is 1. The number of carbonyl (C=O) groups is 4. The number of amides is 2. The summed E-state index contributed by atoms with van der Waals surface area (Å²) < 4.78 is 29.5. The van der Waals surface area contributed by atoms with Crippen molar-refractivity contribution in [2.45, 2.75) is 77.5 Å². The van der Waals surface area contributed by atoms with Crippen molar-refractivity contribution in [3.63, 3.8) is 0 Å². The predicted octanol–water partition coefficient (Wildman–Crippen LogP) is 4.56. The number of hydrogen-bond acceptors (Lipinski definition) is 8. The Morgan fingerprint density at radius 2 is 1.95 bits per heavy atom. The number of H-pyrrole nitrogens is 1. The highest BCUT2D eigenvalue weighted by molar-refractivity contribution is 6.03. The summed E-state index contributed by atoms with van der Waals surface area (Å²) in [5, 5.41) is 34.7. The van der Waals surface area contributed by atoms with Crippen LogP contribution in [-0.2, 0) is 16.1 Å². The van der Waals surface area contributed by atoms with Gasteiger partial charge in [-0.15, -0.1) is 0 Å². The molecule has 2 aromatic heterocycles. The number of carboxylic acid groups (broad SMARTS) is 1. The van der Waals surface area contributed by atoms with Crippen LogP contribution in [0.4, 0.5) is 19.4 Å². The third-order valence-electron chi connectivity index (χ3n) is 6.51. The third-order valence-corrected chi connectivity index (χ3v) is 6.51. The maximum Gasteiger partial charge on any atom is 0.407 e. The Kier molecular flexibility index (Phi) is 10.6. The van der Waals surface area contributed by atoms with Crippen LogP contribution < -0.4 is 10.6 Å². The maximum atomic E-state index is 13.0. The van der Waals surface area contributed by atoms with Crippen molar-refractivity contribution in [2.24, 2.45) is 0 Å². The van der Waals surface area contributed by atoms with Gasteiger partial charge in [0.2, 0.25) is 0 Å². The van der Waals surface area contributed by atoms with E-state index in [9.17, 15) is 33.1 Å². The zero-order chi connectivity index (χ0) is 31.9. The molecule has 2 heterocycles. The molecule has 1 fully saturated rings. The molecule has 0 saturated heterocycles. The lowest BCUT2D eigenvalue weighted by Gasteiger charge is -2.14. The van der Waals surface area contributed by atoms with Gasteiger partial charge in [0, 0.05) is 42.8 Å². The van der Waals surface area contributed by atoms with Crippen molar-refractivity contribution in [2.75, 3.05) is 5.32 Å². The van der Waals surface area contributed by atoms with E-state index in [-0.39, 0.29) is 29.4 Å². The Hall–Kier alpha value is -4.82. The molecule has 2 amide bonds. The van der Waals surface area contributed by atoms with Crippen LogP contribution in [0.5, 0.6) is 5.75 Å². The van der Waals surface area contributed by atoms with E-state index in [4.69, 9.17) is 9.84 Å². The molecule has 0 aliphatic heterocycles. The number of anilines is 1. The summed E-state index contributed by atoms with van der Waals surface area (Å²) in [6, 6.07) is 8.08. The predicted molar refractivity (Wildman–Crippen MR) is 150 cm³/mol. The van der Waals surface area contributed by atoms with E-state index in [1.807, 2.05) is 20.8 Å². The first-order chi connectivity index (χ1) is 20.2. The summed E-state index contributed by atoms with van der Waals surface area (Å²) >= 11 is 0. The molecule has 15 heteroatoms. The Morgan fingerprint density at radius 1 is 1.26 bits per heavy atom. The molecule has 4 rings (SSSR count). The molecule has 0 spiro atoms. The van der Waals surface area contributed by atoms with Gasteiger partial charge in [-0.2, -0.15) is 19.0 Å². The highest BCUT2D eigenvalue weighted by atomic mass is 19.3. The zero-order valence-corrected chi connectivity index (χ0v) is 24.1. The fourth-order valence-corrected chi connectivity index (χ4v) is 4.41. The average Bonchev–Trinajstić information content (AvgIpc) is 3.67. The average molecular weight is 605 g/mol. The monoisotopic (exact) mass is 604 g/mol. The lowest BCUT2D eigenvalue weighted by molar-refractivity contribution is -0.161. The number of phenolic OH excluding ortho intramolecular Hbond substituents is 1. The fraction of sp³-hybridized carbons (Fsp3) is 0.429. The van der Waals surface area contributed by atoms with E-state index < -0.39 is 23.9 Å². The number of aromatic nitrogens is 4. The number of phenols is 1. The normalized spacial score (nSPS) is 16.3. The smallest absolute Gasteiger partial charge is 0.407 e. The number of rotatable bonds is 9. The molecule has 0 bridgehead atoms. The Labute approximate surface area is 245 Å². The van der Waals surface area contributed by atoms with Crippen molar-refractivity contribution in [1.29, 1.82) is 0 Å². The van der Waals surface area contributed by atoms with Gasteiger partial charge in [0.15, 0.2) is 12.1 Å². The standard InChI is InChI=1S/C25H30N6O5.C3H4F2O2/c1-4-31-21(11-20(30-31)17-6-5-7-22(33)18(17)13-32)24(34)27-23-12-19(28-29-23)15-8-9-16(10-15)36-25(35)26-14(2)3;1-3(4,5)2(6)7/h5-7,11-16,33H,4,8-10H2,1-3H3,(H,26,35)(H2,27,28,29,34);1H3,(H,6,7). The van der Waals surface area contributed by atoms with Crippen molar-refractivity contribution >= 4 is 30.1 Å². The van der Waals surface area contributed by atoms with Crippen LogP contribution in [0.25, 0.3) is 11.3 Å². The second-order valence-corrected chi connectivity index (χ2v) is 10.3. The van der Waals surface area contributed by atoms with Gasteiger partial charge in [-0.25, -0.2) is 9.59 Å². The third kappa shape index (κ3) is 8.59. The number of hydrogen-bond donors (Lipinski definition) is 5. The second kappa shape index (κ2) is 13.9. The summed E-state index contributed by atoms with van der Waals surface area (Å²) in [6.45, 7) is 6.36. The number of nitrogens with zero attached hydrogens (tertiary/aromatic N) is 3. The summed E-state index contributed by atoms with van der Waals surface area (Å²) in [5.74, 6) is -5.72. The number of alkyl carbamates (subject to hydrolysis) is 1. The lowest BCUT2D eigenvalue weighted by atomic mass is 10.0. The van der Waals surface area contributed by atoms with E-state index in [1.165, 1.54) is 10.7 Å². The number of aromatic hydroxyl groups is 1. The quantitative estimate of drug-likeness (QED) is 0.218. The van der Waals surface area contributed by atoms with E-state index in [2.05, 4.69) is 25.9 Å². The van der Waals surface area contributed by atoms with Crippen LogP contribution in [0.1, 0.15) is 79.4 Å². The number of halogens is 2. The number of aryl methyl sites for hydroxylation is 1. The van der Waals surface area contributed by atoms with E-state index in [0.29, 0.717) is 48.9 Å². The number of aromatic amines is 1. The number of aldehydes is 1. The Morgan fingerprint density at radius 3 is 2.56 bits per heavy atom. The number of carboxylic acids is 1. The van der Waals surface area contributed by atoms with E-state index >= 15 is 0 Å². The van der Waals surface area contributed by atoms with Gasteiger partial charge in [0.25, 0.3) is 5.91 Å². The van der Waals surface area contributed by atoms with Gasteiger partial charge in [0.05, 0.1) is 11.3 Å². The molecule has 1 saturated carbocycles. The van der Waals surface area contributed by atoms with Crippen LogP contribution in [-0.4, -0.2) is 72.5 Å². The SMILES string of the molecule is CC(F)(F)C(=O)O.CCn1nc(-c2cccc(O)c2C=O)cc1C(=O)Nc1cc(C2CCC(OC(=O)NC(C)C)C2)[nH]n1. The molecule has 1 aliphatic carbocycles. The second-order valence-electron chi connectivity index (χ2n) is 10.3. The Balaban J connectivity index is 0.000000646. The largest absolute Gasteiger partial charge is 0.507 e. The van der Waals surface area contributed by atoms with Crippen molar-refractivity contribution in [3.8, 4) is 17.0 Å². The highest BCUT2D eigenvalue weighted by Crippen LogP contribution is 2.36. The van der Waals surface area contributed by atoms with Gasteiger partial charge in [0.1, 0.15) is 17.5 Å². The van der Waals surface area contributed by atoms with Crippen LogP contribution in [0.15, 0.2) is 30.3 Å². The number of nitrogens with one attached hydrogen (secondary N) is 3. The maximum absolute atomic E-state index is 13.0. The molecule has 1 aromatic carbocycles. The Bertz CT molecular complexity index is 1460. The molecule has 13 nitrogen and oxygen atoms in total. The molecular formula is C28H34F2N6O7. The molecule has 3 aromatic rings. The minimum absolute atomic E-state index is 0.0143. The first-order valence-electron chi connectivity index (χ1n) is 13.5. The number of ether oxygens (including phenoxy) is 1. The first-order valence-corrected chi connectivity index (χ1v) is 13.5. The first kappa shape index (κ1) is 32.7. The minimum atomic E-state index is -3.58. The summed E-state index contributed by atoms with van der Waals surface area (Å²) in [6.07, 6.45) is 2.26. The van der Waals surface area contributed by atoms with Gasteiger partial charge >= 0.3 is 18.0 Å². The van der Waals surface area contributed by atoms with Crippen molar-refractivity contribution < 1.29 is 42.9 Å². The van der Waals surface area contributed by atoms with Crippen LogP contribution in [0.2, 0.25) is 0 Å². The van der Waals surface area contributed by atoms with Crippen LogP contribution >= 0.6 is 0 Å². The molecule has 0 radical (unpaired) electrons. The van der Waals surface area contributed by atoms with Gasteiger partial charge < -0.3 is 25.6 Å². The van der Waals surface area contributed by atoms with Gasteiger partial charge in [-0.3, -0.25) is 19.4 Å². The molecule has 1 aliphatic rings. The lowest BCUT2D eigenvalue weighted by Crippen LogP contribution is -2.33. The molecular weight excluding hydrogens is 570 g/mol. The van der Waals surface area contributed by atoms with Crippen LogP contribution in [0, 0.1) is 0 Å². The highest BCUT2D eigenvalue weighted by Gasteiger charge is 2.31. The summed E-state index contributed by atoms with van der Waals surface area (Å²) in [4.78, 5) is 45.7. The summed E-state index contributed by atoms with van der Waals surface area (Å²) in [5.41, 5.74) is 2.11. The zero-order valence-electron chi connectivity index (χ0n) is 24.1. The van der Waals surface area contributed by atoms with Gasteiger partial charge in [-0.05, 0) is 52.2 Å². The van der Waals surface area contributed by atoms with Crippen molar-refractivity contribution in [1.82, 2.24) is 25.3 Å².